The van der Waals surface area contributed by atoms with Crippen LogP contribution >= 0.6 is 69.9 Å². The number of rotatable bonds is 2. The van der Waals surface area contributed by atoms with Crippen LogP contribution in [0.15, 0.2) is 16.0 Å². The molecule has 2 aromatic rings. The number of hydrogen-bond donors (Lipinski definition) is 3. The van der Waals surface area contributed by atoms with Crippen molar-refractivity contribution in [1.82, 2.24) is 15.3 Å². The highest BCUT2D eigenvalue weighted by Crippen LogP contribution is 2.20. The van der Waals surface area contributed by atoms with Crippen molar-refractivity contribution in [2.45, 2.75) is 5.38 Å². The first-order valence-corrected chi connectivity index (χ1v) is 8.86. The molecule has 0 saturated carbocycles. The molecule has 14 heteroatoms. The topological polar surface area (TPSA) is 134 Å². The third-order valence-electron chi connectivity index (χ3n) is 2.42. The fourth-order valence-corrected chi connectivity index (χ4v) is 3.33. The van der Waals surface area contributed by atoms with Gasteiger partial charge in [-0.15, -0.1) is 46.7 Å². The minimum absolute atomic E-state index is 0. The van der Waals surface area contributed by atoms with E-state index < -0.39 is 17.2 Å². The first kappa shape index (κ1) is 21.7. The molecule has 0 aliphatic carbocycles. The fraction of sp³-hybridized carbons (Fsp3) is 0.0909. The van der Waals surface area contributed by atoms with Gasteiger partial charge in [0.05, 0.1) is 11.0 Å². The molecular formula is C11H8Cl4N6O2S2. The van der Waals surface area contributed by atoms with Crippen molar-refractivity contribution in [2.24, 2.45) is 10.7 Å². The summed E-state index contributed by atoms with van der Waals surface area (Å²) >= 11 is 19.2. The van der Waals surface area contributed by atoms with Gasteiger partial charge in [-0.2, -0.15) is 4.99 Å². The largest absolute Gasteiger partial charge is 0.383 e. The van der Waals surface area contributed by atoms with Crippen LogP contribution in [0.1, 0.15) is 9.75 Å². The predicted octanol–water partition coefficient (Wildman–Crippen LogP) is 2.31. The molecular weight excluding hydrogens is 454 g/mol. The number of carbonyl (C=O) groups is 2. The molecule has 2 aromatic heterocycles. The van der Waals surface area contributed by atoms with Gasteiger partial charge in [0.2, 0.25) is 0 Å². The number of nitrogens with one attached hydrogen (secondary N) is 2. The third-order valence-corrected chi connectivity index (χ3v) is 5.29. The molecule has 3 heterocycles. The van der Waals surface area contributed by atoms with Crippen LogP contribution < -0.4 is 11.1 Å². The average Bonchev–Trinajstić information content (AvgIpc) is 3.13. The van der Waals surface area contributed by atoms with Crippen LogP contribution in [0, 0.1) is 5.41 Å². The van der Waals surface area contributed by atoms with Gasteiger partial charge in [0, 0.05) is 0 Å². The molecule has 134 valence electrons. The average molecular weight is 462 g/mol. The lowest BCUT2D eigenvalue weighted by atomic mass is 10.3. The van der Waals surface area contributed by atoms with Crippen LogP contribution in [-0.4, -0.2) is 38.8 Å². The maximum Gasteiger partial charge on any atom is 0.275 e. The van der Waals surface area contributed by atoms with Gasteiger partial charge in [-0.05, 0) is 0 Å². The smallest absolute Gasteiger partial charge is 0.275 e. The Bertz CT molecular complexity index is 836. The monoisotopic (exact) mass is 460 g/mol. The fourth-order valence-electron chi connectivity index (χ4n) is 1.39. The molecule has 0 saturated heterocycles. The predicted molar refractivity (Wildman–Crippen MR) is 102 cm³/mol. The van der Waals surface area contributed by atoms with Gasteiger partial charge in [0.25, 0.3) is 11.8 Å². The minimum atomic E-state index is -1.26. The number of carbonyl (C=O) groups excluding carboxylic acids is 2. The van der Waals surface area contributed by atoms with E-state index in [2.05, 4.69) is 20.3 Å². The van der Waals surface area contributed by atoms with E-state index in [1.165, 1.54) is 28.2 Å². The number of hydrogen-bond acceptors (Lipinski definition) is 7. The van der Waals surface area contributed by atoms with Crippen molar-refractivity contribution in [2.75, 3.05) is 0 Å². The lowest BCUT2D eigenvalue weighted by Crippen LogP contribution is -2.45. The summed E-state index contributed by atoms with van der Waals surface area (Å²) in [6.45, 7) is 0. The number of amidine groups is 2. The zero-order valence-electron chi connectivity index (χ0n) is 11.8. The minimum Gasteiger partial charge on any atom is -0.383 e. The van der Waals surface area contributed by atoms with Crippen LogP contribution in [-0.2, 0) is 9.59 Å². The summed E-state index contributed by atoms with van der Waals surface area (Å²) in [5, 5.41) is 8.58. The van der Waals surface area contributed by atoms with E-state index in [-0.39, 0.29) is 29.2 Å². The van der Waals surface area contributed by atoms with Gasteiger partial charge in [0.15, 0.2) is 21.5 Å². The van der Waals surface area contributed by atoms with Gasteiger partial charge in [-0.3, -0.25) is 15.0 Å². The first-order valence-electron chi connectivity index (χ1n) is 5.91. The molecule has 25 heavy (non-hydrogen) atoms. The Morgan fingerprint density at radius 3 is 2.20 bits per heavy atom. The van der Waals surface area contributed by atoms with E-state index in [0.717, 1.165) is 0 Å². The second kappa shape index (κ2) is 9.41. The van der Waals surface area contributed by atoms with Gasteiger partial charge in [-0.1, -0.05) is 23.2 Å². The number of amides is 2. The Balaban J connectivity index is 0.000000270. The van der Waals surface area contributed by atoms with E-state index in [4.69, 9.17) is 45.9 Å². The first-order chi connectivity index (χ1) is 11.3. The van der Waals surface area contributed by atoms with E-state index in [1.807, 2.05) is 0 Å². The number of thiazole rings is 2. The molecule has 0 bridgehead atoms. The molecule has 1 aliphatic rings. The van der Waals surface area contributed by atoms with Crippen molar-refractivity contribution in [3.05, 3.63) is 31.1 Å². The zero-order chi connectivity index (χ0) is 17.9. The SMILES string of the molecule is Cl.N=C(N)c1scnc1Cl.O=C1N=C(c2scnc2Cl)NC(=O)C1Cl. The van der Waals surface area contributed by atoms with E-state index in [1.54, 1.807) is 5.51 Å². The maximum absolute atomic E-state index is 11.2. The lowest BCUT2D eigenvalue weighted by Gasteiger charge is -2.14. The Kier molecular flexibility index (Phi) is 8.19. The molecule has 1 aliphatic heterocycles. The number of nitrogens with zero attached hydrogens (tertiary/aromatic N) is 3. The number of nitrogens with two attached hydrogens (primary N) is 1. The second-order valence-corrected chi connectivity index (χ2v) is 6.87. The summed E-state index contributed by atoms with van der Waals surface area (Å²) < 4.78 is 0. The van der Waals surface area contributed by atoms with E-state index in [0.29, 0.717) is 14.9 Å². The maximum atomic E-state index is 11.2. The molecule has 3 rings (SSSR count). The summed E-state index contributed by atoms with van der Waals surface area (Å²) in [4.78, 5) is 34.5. The highest BCUT2D eigenvalue weighted by atomic mass is 35.5. The summed E-state index contributed by atoms with van der Waals surface area (Å²) in [5.41, 5.74) is 8.17. The molecule has 4 N–H and O–H groups in total. The van der Waals surface area contributed by atoms with Gasteiger partial charge >= 0.3 is 0 Å². The molecule has 0 radical (unpaired) electrons. The van der Waals surface area contributed by atoms with Crippen molar-refractivity contribution in [1.29, 1.82) is 5.41 Å². The highest BCUT2D eigenvalue weighted by molar-refractivity contribution is 7.12. The third kappa shape index (κ3) is 5.33. The van der Waals surface area contributed by atoms with E-state index in [9.17, 15) is 9.59 Å². The second-order valence-electron chi connectivity index (χ2n) is 4.01. The van der Waals surface area contributed by atoms with Gasteiger partial charge < -0.3 is 11.1 Å². The van der Waals surface area contributed by atoms with Gasteiger partial charge in [-0.25, -0.2) is 9.97 Å². The highest BCUT2D eigenvalue weighted by Gasteiger charge is 2.31. The molecule has 8 nitrogen and oxygen atoms in total. The number of nitrogen functional groups attached to an aromatic ring is 1. The number of alkyl halides is 1. The van der Waals surface area contributed by atoms with Crippen LogP contribution in [0.4, 0.5) is 0 Å². The molecule has 0 aromatic carbocycles. The van der Waals surface area contributed by atoms with E-state index >= 15 is 0 Å². The quantitative estimate of drug-likeness (QED) is 0.273. The summed E-state index contributed by atoms with van der Waals surface area (Å²) in [5.74, 6) is -1.21. The Hall–Kier alpha value is -1.30. The van der Waals surface area contributed by atoms with Crippen molar-refractivity contribution in [3.63, 3.8) is 0 Å². The molecule has 0 spiro atoms. The number of aromatic nitrogens is 2. The number of halogens is 4. The van der Waals surface area contributed by atoms with Crippen LogP contribution in [0.3, 0.4) is 0 Å². The van der Waals surface area contributed by atoms with Crippen molar-refractivity contribution >= 4 is 93.4 Å². The van der Waals surface area contributed by atoms with Crippen LogP contribution in [0.25, 0.3) is 0 Å². The van der Waals surface area contributed by atoms with Gasteiger partial charge in [0.1, 0.15) is 15.6 Å². The van der Waals surface area contributed by atoms with Crippen LogP contribution in [0.5, 0.6) is 0 Å². The molecule has 1 unspecified atom stereocenters. The molecule has 2 amide bonds. The molecule has 0 fully saturated rings. The van der Waals surface area contributed by atoms with Crippen LogP contribution in [0.2, 0.25) is 10.3 Å². The van der Waals surface area contributed by atoms with Crippen molar-refractivity contribution < 1.29 is 9.59 Å². The summed E-state index contributed by atoms with van der Waals surface area (Å²) in [6, 6.07) is 0. The summed E-state index contributed by atoms with van der Waals surface area (Å²) in [6.07, 6.45) is 0. The summed E-state index contributed by atoms with van der Waals surface area (Å²) in [7, 11) is 0. The van der Waals surface area contributed by atoms with Crippen molar-refractivity contribution in [3.8, 4) is 0 Å². The standard InChI is InChI=1S/C7H3Cl2N3O2S.C4H4ClN3S.ClH/c8-2-6(13)11-5(12-7(2)14)3-4(9)10-1-15-3;5-3-2(4(6)7)9-1-8-3;/h1-2H,(H,11,12,13,14);1H,(H3,6,7);1H. The Labute approximate surface area is 170 Å². The Morgan fingerprint density at radius 2 is 1.80 bits per heavy atom. The Morgan fingerprint density at radius 1 is 1.20 bits per heavy atom. The normalized spacial score (nSPS) is 16.1. The lowest BCUT2D eigenvalue weighted by molar-refractivity contribution is -0.127. The zero-order valence-corrected chi connectivity index (χ0v) is 16.5. The molecule has 1 atom stereocenters. The number of aliphatic imine (C=N–C) groups is 1.